The Bertz CT molecular complexity index is 578. The average Bonchev–Trinajstić information content (AvgIpc) is 2.99. The molecule has 23 heavy (non-hydrogen) atoms. The Hall–Kier alpha value is -1.65. The van der Waals surface area contributed by atoms with Crippen molar-refractivity contribution in [3.8, 4) is 0 Å². The van der Waals surface area contributed by atoms with E-state index in [0.29, 0.717) is 6.42 Å². The number of fused-ring (bicyclic) bond motifs is 1. The number of rotatable bonds is 4. The van der Waals surface area contributed by atoms with Gasteiger partial charge in [-0.3, -0.25) is 4.79 Å². The highest BCUT2D eigenvalue weighted by Gasteiger charge is 2.34. The van der Waals surface area contributed by atoms with Gasteiger partial charge in [0.2, 0.25) is 11.9 Å². The predicted molar refractivity (Wildman–Crippen MR) is 91.4 cm³/mol. The molecule has 1 aliphatic heterocycles. The molecule has 1 atom stereocenters. The van der Waals surface area contributed by atoms with Crippen LogP contribution in [0.25, 0.3) is 0 Å². The number of hydrogen-bond acceptors (Lipinski definition) is 4. The zero-order valence-corrected chi connectivity index (χ0v) is 14.6. The molecule has 1 fully saturated rings. The zero-order valence-electron chi connectivity index (χ0n) is 14.6. The molecule has 1 aliphatic carbocycles. The van der Waals surface area contributed by atoms with Crippen LogP contribution in [0, 0.1) is 5.41 Å². The first-order valence-corrected chi connectivity index (χ1v) is 8.88. The number of nitrogens with one attached hydrogen (secondary N) is 1. The molecule has 0 bridgehead atoms. The number of anilines is 1. The summed E-state index contributed by atoms with van der Waals surface area (Å²) >= 11 is 0. The maximum atomic E-state index is 12.0. The van der Waals surface area contributed by atoms with E-state index in [0.717, 1.165) is 49.6 Å². The van der Waals surface area contributed by atoms with Crippen LogP contribution in [0.4, 0.5) is 5.95 Å². The third-order valence-electron chi connectivity index (χ3n) is 4.87. The second-order valence-electron chi connectivity index (χ2n) is 7.68. The van der Waals surface area contributed by atoms with E-state index < -0.39 is 0 Å². The molecule has 0 spiro atoms. The van der Waals surface area contributed by atoms with Gasteiger partial charge < -0.3 is 10.2 Å². The molecule has 0 aromatic carbocycles. The molecule has 2 aliphatic rings. The van der Waals surface area contributed by atoms with Gasteiger partial charge in [0.15, 0.2) is 0 Å². The van der Waals surface area contributed by atoms with Crippen molar-refractivity contribution < 1.29 is 4.79 Å². The lowest BCUT2D eigenvalue weighted by Crippen LogP contribution is -2.37. The van der Waals surface area contributed by atoms with E-state index in [2.05, 4.69) is 29.0 Å². The normalized spacial score (nSPS) is 22.7. The lowest BCUT2D eigenvalue weighted by atomic mass is 9.74. The van der Waals surface area contributed by atoms with Crippen LogP contribution in [0.5, 0.6) is 0 Å². The van der Waals surface area contributed by atoms with Crippen LogP contribution >= 0.6 is 0 Å². The molecule has 126 valence electrons. The maximum absolute atomic E-state index is 12.0. The number of carbonyl (C=O) groups excluding carboxylic acids is 1. The van der Waals surface area contributed by atoms with Crippen molar-refractivity contribution in [2.24, 2.45) is 5.41 Å². The summed E-state index contributed by atoms with van der Waals surface area (Å²) in [5.74, 6) is 0.988. The fourth-order valence-electron chi connectivity index (χ4n) is 3.73. The van der Waals surface area contributed by atoms with Crippen LogP contribution < -0.4 is 10.2 Å². The lowest BCUT2D eigenvalue weighted by molar-refractivity contribution is -0.122. The van der Waals surface area contributed by atoms with Crippen molar-refractivity contribution in [2.75, 3.05) is 18.0 Å². The second-order valence-corrected chi connectivity index (χ2v) is 7.68. The molecule has 1 aromatic heterocycles. The Kier molecular flexibility index (Phi) is 4.55. The Morgan fingerprint density at radius 1 is 1.39 bits per heavy atom. The van der Waals surface area contributed by atoms with Gasteiger partial charge >= 0.3 is 0 Å². The van der Waals surface area contributed by atoms with E-state index >= 15 is 0 Å². The van der Waals surface area contributed by atoms with Crippen LogP contribution in [0.15, 0.2) is 6.20 Å². The summed E-state index contributed by atoms with van der Waals surface area (Å²) in [6.45, 7) is 8.65. The van der Waals surface area contributed by atoms with Crippen LogP contribution in [0.2, 0.25) is 0 Å². The van der Waals surface area contributed by atoms with Crippen molar-refractivity contribution in [3.05, 3.63) is 17.5 Å². The van der Waals surface area contributed by atoms with E-state index in [1.54, 1.807) is 0 Å². The lowest BCUT2D eigenvalue weighted by Gasteiger charge is -2.36. The SMILES string of the molecule is CCCC(=O)N[C@@H]1CC(C)(C)Cc2nc(N3CCCC3)ncc21. The van der Waals surface area contributed by atoms with E-state index in [-0.39, 0.29) is 17.4 Å². The largest absolute Gasteiger partial charge is 0.349 e. The minimum Gasteiger partial charge on any atom is -0.349 e. The van der Waals surface area contributed by atoms with Gasteiger partial charge in [0, 0.05) is 31.3 Å². The van der Waals surface area contributed by atoms with E-state index in [1.807, 2.05) is 13.1 Å². The summed E-state index contributed by atoms with van der Waals surface area (Å²) in [7, 11) is 0. The van der Waals surface area contributed by atoms with Crippen LogP contribution in [0.3, 0.4) is 0 Å². The number of nitrogens with zero attached hydrogens (tertiary/aromatic N) is 3. The predicted octanol–water partition coefficient (Wildman–Crippen LogP) is 3.01. The zero-order chi connectivity index (χ0) is 16.4. The Morgan fingerprint density at radius 2 is 2.13 bits per heavy atom. The van der Waals surface area contributed by atoms with Crippen molar-refractivity contribution in [2.45, 2.75) is 65.3 Å². The van der Waals surface area contributed by atoms with Gasteiger partial charge in [-0.15, -0.1) is 0 Å². The molecule has 0 radical (unpaired) electrons. The van der Waals surface area contributed by atoms with Gasteiger partial charge in [0.1, 0.15) is 0 Å². The van der Waals surface area contributed by atoms with Crippen molar-refractivity contribution in [1.29, 1.82) is 0 Å². The summed E-state index contributed by atoms with van der Waals surface area (Å²) in [6.07, 6.45) is 7.75. The average molecular weight is 316 g/mol. The molecule has 5 heteroatoms. The molecule has 3 rings (SSSR count). The maximum Gasteiger partial charge on any atom is 0.225 e. The van der Waals surface area contributed by atoms with E-state index in [9.17, 15) is 4.79 Å². The standard InChI is InChI=1S/C18H28N4O/c1-4-7-16(23)20-14-10-18(2,3)11-15-13(14)12-19-17(21-15)22-8-5-6-9-22/h12,14H,4-11H2,1-3H3,(H,20,23)/t14-/m1/s1. The molecule has 1 saturated heterocycles. The molecular weight excluding hydrogens is 288 g/mol. The highest BCUT2D eigenvalue weighted by molar-refractivity contribution is 5.76. The summed E-state index contributed by atoms with van der Waals surface area (Å²) in [5.41, 5.74) is 2.37. The van der Waals surface area contributed by atoms with Gasteiger partial charge in [-0.1, -0.05) is 20.8 Å². The first-order valence-electron chi connectivity index (χ1n) is 8.88. The molecule has 1 aromatic rings. The second kappa shape index (κ2) is 6.46. The fraction of sp³-hybridized carbons (Fsp3) is 0.722. The van der Waals surface area contributed by atoms with Crippen molar-refractivity contribution in [3.63, 3.8) is 0 Å². The monoisotopic (exact) mass is 316 g/mol. The number of amides is 1. The van der Waals surface area contributed by atoms with E-state index in [1.165, 1.54) is 12.8 Å². The highest BCUT2D eigenvalue weighted by atomic mass is 16.1. The smallest absolute Gasteiger partial charge is 0.225 e. The Balaban J connectivity index is 1.86. The van der Waals surface area contributed by atoms with Gasteiger partial charge in [-0.25, -0.2) is 9.97 Å². The van der Waals surface area contributed by atoms with Crippen molar-refractivity contribution >= 4 is 11.9 Å². The van der Waals surface area contributed by atoms with E-state index in [4.69, 9.17) is 4.98 Å². The third-order valence-corrected chi connectivity index (χ3v) is 4.87. The minimum atomic E-state index is 0.0421. The third kappa shape index (κ3) is 3.65. The number of aromatic nitrogens is 2. The number of hydrogen-bond donors (Lipinski definition) is 1. The molecule has 0 saturated carbocycles. The first-order chi connectivity index (χ1) is 11.0. The minimum absolute atomic E-state index is 0.0421. The van der Waals surface area contributed by atoms with Crippen LogP contribution in [0.1, 0.15) is 70.2 Å². The van der Waals surface area contributed by atoms with Gasteiger partial charge in [-0.2, -0.15) is 0 Å². The Morgan fingerprint density at radius 3 is 2.83 bits per heavy atom. The quantitative estimate of drug-likeness (QED) is 0.927. The highest BCUT2D eigenvalue weighted by Crippen LogP contribution is 2.40. The van der Waals surface area contributed by atoms with Crippen LogP contribution in [-0.2, 0) is 11.2 Å². The molecule has 0 unspecified atom stereocenters. The van der Waals surface area contributed by atoms with Gasteiger partial charge in [0.05, 0.1) is 11.7 Å². The molecule has 2 heterocycles. The summed E-state index contributed by atoms with van der Waals surface area (Å²) in [6, 6.07) is 0.0421. The van der Waals surface area contributed by atoms with Crippen LogP contribution in [-0.4, -0.2) is 29.0 Å². The summed E-state index contributed by atoms with van der Waals surface area (Å²) in [4.78, 5) is 23.8. The molecule has 1 amide bonds. The number of carbonyl (C=O) groups is 1. The van der Waals surface area contributed by atoms with Crippen molar-refractivity contribution in [1.82, 2.24) is 15.3 Å². The summed E-state index contributed by atoms with van der Waals surface area (Å²) < 4.78 is 0. The molecular formula is C18H28N4O. The summed E-state index contributed by atoms with van der Waals surface area (Å²) in [5, 5.41) is 3.19. The molecule has 5 nitrogen and oxygen atoms in total. The van der Waals surface area contributed by atoms with Gasteiger partial charge in [-0.05, 0) is 37.5 Å². The molecule has 1 N–H and O–H groups in total. The Labute approximate surface area is 138 Å². The topological polar surface area (TPSA) is 58.1 Å². The fourth-order valence-corrected chi connectivity index (χ4v) is 3.73. The van der Waals surface area contributed by atoms with Gasteiger partial charge in [0.25, 0.3) is 0 Å². The first kappa shape index (κ1) is 16.2.